The lowest BCUT2D eigenvalue weighted by molar-refractivity contribution is -0.144. The highest BCUT2D eigenvalue weighted by atomic mass is 16.2. The molecule has 2 aromatic rings. The SMILES string of the molecule is CCC(Cc1cnc[nH]1)NC(=O)C1CCC2CCCCC(NC(=O)C(Cc3ccc(C)cc3)NC)C(=O)N21. The second-order valence-corrected chi connectivity index (χ2v) is 10.8. The lowest BCUT2D eigenvalue weighted by atomic mass is 9.98. The van der Waals surface area contributed by atoms with Crippen LogP contribution in [-0.2, 0) is 27.2 Å². The molecule has 206 valence electrons. The van der Waals surface area contributed by atoms with Crippen molar-refractivity contribution in [1.29, 1.82) is 0 Å². The van der Waals surface area contributed by atoms with Gasteiger partial charge in [-0.3, -0.25) is 14.4 Å². The summed E-state index contributed by atoms with van der Waals surface area (Å²) < 4.78 is 0. The number of likely N-dealkylation sites (N-methyl/N-ethyl adjacent to an activating group) is 1. The molecular weight excluding hydrogens is 480 g/mol. The number of hydrogen-bond donors (Lipinski definition) is 4. The minimum Gasteiger partial charge on any atom is -0.351 e. The first-order chi connectivity index (χ1) is 18.4. The molecule has 3 heterocycles. The number of amides is 3. The van der Waals surface area contributed by atoms with E-state index in [1.165, 1.54) is 5.56 Å². The van der Waals surface area contributed by atoms with Gasteiger partial charge in [-0.05, 0) is 58.1 Å². The molecule has 0 bridgehead atoms. The smallest absolute Gasteiger partial charge is 0.246 e. The Balaban J connectivity index is 1.43. The van der Waals surface area contributed by atoms with Gasteiger partial charge >= 0.3 is 0 Å². The number of carbonyl (C=O) groups is 3. The first-order valence-electron chi connectivity index (χ1n) is 14.0. The molecule has 5 atom stereocenters. The van der Waals surface area contributed by atoms with Gasteiger partial charge in [0.15, 0.2) is 0 Å². The fourth-order valence-electron chi connectivity index (χ4n) is 5.74. The summed E-state index contributed by atoms with van der Waals surface area (Å²) in [6.07, 6.45) is 10.2. The summed E-state index contributed by atoms with van der Waals surface area (Å²) in [5.74, 6) is -0.424. The zero-order valence-electron chi connectivity index (χ0n) is 22.8. The Morgan fingerprint density at radius 3 is 2.55 bits per heavy atom. The predicted octanol–water partition coefficient (Wildman–Crippen LogP) is 2.40. The van der Waals surface area contributed by atoms with E-state index in [9.17, 15) is 14.4 Å². The lowest BCUT2D eigenvalue weighted by Gasteiger charge is -2.36. The van der Waals surface area contributed by atoms with Gasteiger partial charge in [0.1, 0.15) is 12.1 Å². The van der Waals surface area contributed by atoms with Crippen molar-refractivity contribution in [2.75, 3.05) is 7.05 Å². The standard InChI is InChI=1S/C29H42N6O3/c1-4-21(16-22-17-31-18-32-22)33-28(37)26-14-13-23-7-5-6-8-24(29(38)35(23)26)34-27(36)25(30-3)15-20-11-9-19(2)10-12-20/h9-12,17-18,21,23-26,30H,4-8,13-16H2,1-3H3,(H,31,32)(H,33,37)(H,34,36). The van der Waals surface area contributed by atoms with Crippen LogP contribution in [0.15, 0.2) is 36.8 Å². The largest absolute Gasteiger partial charge is 0.351 e. The van der Waals surface area contributed by atoms with Crippen LogP contribution in [0.3, 0.4) is 0 Å². The Bertz CT molecular complexity index is 1070. The van der Waals surface area contributed by atoms with Crippen LogP contribution in [-0.4, -0.2) is 69.8 Å². The monoisotopic (exact) mass is 522 g/mol. The number of H-pyrrole nitrogens is 1. The average molecular weight is 523 g/mol. The lowest BCUT2D eigenvalue weighted by Crippen LogP contribution is -2.59. The second kappa shape index (κ2) is 13.0. The fraction of sp³-hybridized carbons (Fsp3) is 0.586. The van der Waals surface area contributed by atoms with E-state index in [0.29, 0.717) is 25.7 Å². The van der Waals surface area contributed by atoms with Crippen LogP contribution in [0.25, 0.3) is 0 Å². The first kappa shape index (κ1) is 27.8. The third-order valence-corrected chi connectivity index (χ3v) is 8.04. The minimum atomic E-state index is -0.625. The van der Waals surface area contributed by atoms with Gasteiger partial charge in [-0.2, -0.15) is 0 Å². The number of benzene rings is 1. The van der Waals surface area contributed by atoms with E-state index in [4.69, 9.17) is 0 Å². The molecule has 2 aliphatic rings. The van der Waals surface area contributed by atoms with Crippen LogP contribution in [0.2, 0.25) is 0 Å². The van der Waals surface area contributed by atoms with Crippen LogP contribution in [0.4, 0.5) is 0 Å². The van der Waals surface area contributed by atoms with Crippen molar-refractivity contribution in [1.82, 2.24) is 30.8 Å². The summed E-state index contributed by atoms with van der Waals surface area (Å²) in [5.41, 5.74) is 3.20. The third kappa shape index (κ3) is 6.81. The highest BCUT2D eigenvalue weighted by Gasteiger charge is 2.44. The van der Waals surface area contributed by atoms with Crippen LogP contribution < -0.4 is 16.0 Å². The van der Waals surface area contributed by atoms with Gasteiger partial charge in [0, 0.05) is 30.4 Å². The topological polar surface area (TPSA) is 119 Å². The molecular formula is C29H42N6O3. The molecule has 0 spiro atoms. The van der Waals surface area contributed by atoms with Gasteiger partial charge in [0.05, 0.1) is 12.4 Å². The Morgan fingerprint density at radius 1 is 1.11 bits per heavy atom. The molecule has 0 saturated carbocycles. The molecule has 5 unspecified atom stereocenters. The molecule has 0 radical (unpaired) electrons. The van der Waals surface area contributed by atoms with E-state index >= 15 is 0 Å². The molecule has 4 rings (SSSR count). The predicted molar refractivity (Wildman–Crippen MR) is 146 cm³/mol. The normalized spacial score (nSPS) is 23.2. The van der Waals surface area contributed by atoms with Gasteiger partial charge in [-0.25, -0.2) is 4.98 Å². The Labute approximate surface area is 225 Å². The van der Waals surface area contributed by atoms with Crippen molar-refractivity contribution in [2.45, 2.75) is 102 Å². The van der Waals surface area contributed by atoms with Gasteiger partial charge < -0.3 is 25.8 Å². The van der Waals surface area contributed by atoms with E-state index in [0.717, 1.165) is 43.4 Å². The van der Waals surface area contributed by atoms with Gasteiger partial charge in [-0.1, -0.05) is 49.6 Å². The Hall–Kier alpha value is -3.20. The summed E-state index contributed by atoms with van der Waals surface area (Å²) in [7, 11) is 1.77. The number of aromatic amines is 1. The molecule has 38 heavy (non-hydrogen) atoms. The zero-order valence-corrected chi connectivity index (χ0v) is 22.8. The molecule has 9 nitrogen and oxygen atoms in total. The number of aromatic nitrogens is 2. The molecule has 1 aromatic heterocycles. The summed E-state index contributed by atoms with van der Waals surface area (Å²) in [6, 6.07) is 6.55. The summed E-state index contributed by atoms with van der Waals surface area (Å²) in [6.45, 7) is 4.08. The third-order valence-electron chi connectivity index (χ3n) is 8.04. The van der Waals surface area contributed by atoms with Crippen LogP contribution in [0, 0.1) is 6.92 Å². The number of imidazole rings is 1. The number of hydrogen-bond acceptors (Lipinski definition) is 5. The molecule has 2 fully saturated rings. The van der Waals surface area contributed by atoms with Crippen LogP contribution in [0.5, 0.6) is 0 Å². The maximum absolute atomic E-state index is 13.8. The summed E-state index contributed by atoms with van der Waals surface area (Å²) in [4.78, 5) is 49.5. The van der Waals surface area contributed by atoms with E-state index in [1.807, 2.05) is 38.1 Å². The zero-order chi connectivity index (χ0) is 27.1. The molecule has 2 aliphatic heterocycles. The second-order valence-electron chi connectivity index (χ2n) is 10.8. The number of aryl methyl sites for hydroxylation is 1. The minimum absolute atomic E-state index is 0.0401. The molecule has 3 amide bonds. The molecule has 0 aliphatic carbocycles. The highest BCUT2D eigenvalue weighted by Crippen LogP contribution is 2.31. The number of nitrogens with zero attached hydrogens (tertiary/aromatic N) is 2. The quantitative estimate of drug-likeness (QED) is 0.382. The van der Waals surface area contributed by atoms with E-state index < -0.39 is 18.1 Å². The van der Waals surface area contributed by atoms with E-state index in [2.05, 4.69) is 25.9 Å². The maximum Gasteiger partial charge on any atom is 0.246 e. The highest BCUT2D eigenvalue weighted by molar-refractivity contribution is 5.94. The number of rotatable bonds is 10. The van der Waals surface area contributed by atoms with Crippen molar-refractivity contribution >= 4 is 17.7 Å². The first-order valence-corrected chi connectivity index (χ1v) is 14.0. The van der Waals surface area contributed by atoms with Gasteiger partial charge in [0.25, 0.3) is 0 Å². The van der Waals surface area contributed by atoms with Crippen molar-refractivity contribution in [3.63, 3.8) is 0 Å². The van der Waals surface area contributed by atoms with Gasteiger partial charge in [-0.15, -0.1) is 0 Å². The molecule has 9 heteroatoms. The van der Waals surface area contributed by atoms with E-state index in [-0.39, 0.29) is 29.8 Å². The van der Waals surface area contributed by atoms with E-state index in [1.54, 1.807) is 24.5 Å². The van der Waals surface area contributed by atoms with Crippen molar-refractivity contribution < 1.29 is 14.4 Å². The van der Waals surface area contributed by atoms with Crippen molar-refractivity contribution in [3.05, 3.63) is 53.6 Å². The Kier molecular flexibility index (Phi) is 9.55. The number of nitrogens with one attached hydrogen (secondary N) is 4. The van der Waals surface area contributed by atoms with Gasteiger partial charge in [0.2, 0.25) is 17.7 Å². The molecule has 1 aromatic carbocycles. The number of fused-ring (bicyclic) bond motifs is 1. The average Bonchev–Trinajstić information content (AvgIpc) is 3.58. The summed E-state index contributed by atoms with van der Waals surface area (Å²) in [5, 5.41) is 9.32. The fourth-order valence-corrected chi connectivity index (χ4v) is 5.74. The number of carbonyl (C=O) groups excluding carboxylic acids is 3. The molecule has 4 N–H and O–H groups in total. The molecule has 2 saturated heterocycles. The van der Waals surface area contributed by atoms with Crippen molar-refractivity contribution in [2.24, 2.45) is 0 Å². The summed E-state index contributed by atoms with van der Waals surface area (Å²) >= 11 is 0. The Morgan fingerprint density at radius 2 is 1.87 bits per heavy atom. The van der Waals surface area contributed by atoms with Crippen LogP contribution >= 0.6 is 0 Å². The maximum atomic E-state index is 13.8. The van der Waals surface area contributed by atoms with Crippen LogP contribution in [0.1, 0.15) is 68.7 Å². The van der Waals surface area contributed by atoms with Crippen molar-refractivity contribution in [3.8, 4) is 0 Å².